The summed E-state index contributed by atoms with van der Waals surface area (Å²) in [7, 11) is 1.25. The Morgan fingerprint density at radius 3 is 2.81 bits per heavy atom. The van der Waals surface area contributed by atoms with E-state index in [9.17, 15) is 24.3 Å². The minimum atomic E-state index is -0.886. The number of ether oxygens (including phenoxy) is 1. The Bertz CT molecular complexity index is 1270. The number of aliphatic hydroxyl groups is 1. The molecule has 0 bridgehead atoms. The monoisotopic (exact) mass is 496 g/mol. The van der Waals surface area contributed by atoms with Gasteiger partial charge in [-0.25, -0.2) is 4.39 Å². The smallest absolute Gasteiger partial charge is 0.325 e. The number of carbonyl (C=O) groups is 4. The number of rotatable bonds is 5. The van der Waals surface area contributed by atoms with Crippen molar-refractivity contribution in [2.45, 2.75) is 50.5 Å². The number of hydrogen-bond donors (Lipinski definition) is 2. The Hall–Kier alpha value is -3.70. The van der Waals surface area contributed by atoms with E-state index >= 15 is 4.39 Å². The maximum Gasteiger partial charge on any atom is 0.325 e. The van der Waals surface area contributed by atoms with E-state index in [1.54, 1.807) is 23.1 Å². The molecule has 11 heteroatoms. The Morgan fingerprint density at radius 1 is 1.25 bits per heavy atom. The van der Waals surface area contributed by atoms with Gasteiger partial charge in [-0.05, 0) is 36.6 Å². The molecule has 0 saturated carbocycles. The maximum absolute atomic E-state index is 15.6. The molecule has 5 rings (SSSR count). The molecule has 36 heavy (non-hydrogen) atoms. The highest BCUT2D eigenvalue weighted by atomic mass is 19.1. The Morgan fingerprint density at radius 2 is 2.06 bits per heavy atom. The van der Waals surface area contributed by atoms with Crippen molar-refractivity contribution in [3.63, 3.8) is 0 Å². The fourth-order valence-electron chi connectivity index (χ4n) is 5.19. The number of likely N-dealkylation sites (tertiary alicyclic amines) is 1. The second-order valence-corrected chi connectivity index (χ2v) is 9.20. The van der Waals surface area contributed by atoms with Crippen molar-refractivity contribution in [3.8, 4) is 11.3 Å². The van der Waals surface area contributed by atoms with Gasteiger partial charge in [0.2, 0.25) is 11.8 Å². The van der Waals surface area contributed by atoms with Crippen molar-refractivity contribution in [1.29, 1.82) is 0 Å². The molecular weight excluding hydrogens is 471 g/mol. The molecule has 4 heterocycles. The first kappa shape index (κ1) is 24.0. The normalized spacial score (nSPS) is 24.1. The van der Waals surface area contributed by atoms with E-state index in [2.05, 4.69) is 10.3 Å². The molecule has 3 aliphatic heterocycles. The lowest BCUT2D eigenvalue weighted by Crippen LogP contribution is -2.52. The van der Waals surface area contributed by atoms with Gasteiger partial charge < -0.3 is 14.7 Å². The summed E-state index contributed by atoms with van der Waals surface area (Å²) in [5.74, 6) is -2.29. The third kappa shape index (κ3) is 4.14. The van der Waals surface area contributed by atoms with Gasteiger partial charge in [-0.1, -0.05) is 6.07 Å². The topological polar surface area (TPSA) is 129 Å². The second kappa shape index (κ2) is 9.40. The van der Waals surface area contributed by atoms with Crippen molar-refractivity contribution in [2.24, 2.45) is 0 Å². The summed E-state index contributed by atoms with van der Waals surface area (Å²) in [5.41, 5.74) is 1.94. The average Bonchev–Trinajstić information content (AvgIpc) is 3.38. The minimum absolute atomic E-state index is 0.0882. The molecule has 188 valence electrons. The van der Waals surface area contributed by atoms with Gasteiger partial charge in [0.1, 0.15) is 17.8 Å². The highest BCUT2D eigenvalue weighted by molar-refractivity contribution is 6.05. The molecule has 3 aliphatic rings. The molecule has 3 amide bonds. The number of halogens is 1. The van der Waals surface area contributed by atoms with Gasteiger partial charge in [-0.2, -0.15) is 0 Å². The second-order valence-electron chi connectivity index (χ2n) is 9.20. The van der Waals surface area contributed by atoms with Crippen LogP contribution in [-0.4, -0.2) is 75.4 Å². The fraction of sp³-hybridized carbons (Fsp3) is 0.400. The van der Waals surface area contributed by atoms with Gasteiger partial charge in [0.15, 0.2) is 5.82 Å². The molecule has 0 aliphatic carbocycles. The lowest BCUT2D eigenvalue weighted by molar-refractivity contribution is -0.149. The molecule has 2 saturated heterocycles. The van der Waals surface area contributed by atoms with E-state index in [0.717, 1.165) is 0 Å². The maximum atomic E-state index is 15.6. The van der Waals surface area contributed by atoms with Gasteiger partial charge in [-0.15, -0.1) is 0 Å². The number of imide groups is 1. The van der Waals surface area contributed by atoms with E-state index in [-0.39, 0.29) is 43.4 Å². The number of carbonyl (C=O) groups excluding carboxylic acids is 4. The number of nitrogens with zero attached hydrogens (tertiary/aromatic N) is 3. The van der Waals surface area contributed by atoms with Crippen LogP contribution in [0.25, 0.3) is 11.3 Å². The molecule has 0 radical (unpaired) electrons. The van der Waals surface area contributed by atoms with Crippen LogP contribution >= 0.6 is 0 Å². The highest BCUT2D eigenvalue weighted by Gasteiger charge is 2.40. The van der Waals surface area contributed by atoms with Crippen LogP contribution in [-0.2, 0) is 32.2 Å². The standard InChI is InChI=1S/C25H25FN4O6/c1-36-25(35)22-18(31)7-9-29(22)11-14-6-8-27-21(20(14)26)13-2-3-16-15(10-13)12-30(24(16)34)17-4-5-19(32)28-23(17)33/h2-3,6,8,10,17-18,22,31H,4-5,7,9,11-12H2,1H3,(H,28,32,33)/t17?,18-,22+/m1/s1. The lowest BCUT2D eigenvalue weighted by atomic mass is 10.0. The third-order valence-electron chi connectivity index (χ3n) is 7.05. The number of benzene rings is 1. The van der Waals surface area contributed by atoms with Crippen LogP contribution in [0.3, 0.4) is 0 Å². The van der Waals surface area contributed by atoms with Gasteiger partial charge in [0.25, 0.3) is 5.91 Å². The summed E-state index contributed by atoms with van der Waals surface area (Å²) in [6.45, 7) is 0.669. The molecular formula is C25H25FN4O6. The van der Waals surface area contributed by atoms with Crippen LogP contribution in [0.15, 0.2) is 30.5 Å². The first-order valence-corrected chi connectivity index (χ1v) is 11.7. The van der Waals surface area contributed by atoms with Crippen molar-refractivity contribution < 1.29 is 33.4 Å². The number of piperidine rings is 1. The first-order valence-electron chi connectivity index (χ1n) is 11.7. The van der Waals surface area contributed by atoms with E-state index in [0.29, 0.717) is 35.2 Å². The van der Waals surface area contributed by atoms with Crippen LogP contribution in [0.2, 0.25) is 0 Å². The fourth-order valence-corrected chi connectivity index (χ4v) is 5.19. The molecule has 0 spiro atoms. The van der Waals surface area contributed by atoms with Gasteiger partial charge >= 0.3 is 5.97 Å². The van der Waals surface area contributed by atoms with E-state index < -0.39 is 35.9 Å². The number of aliphatic hydroxyl groups excluding tert-OH is 1. The number of esters is 1. The lowest BCUT2D eigenvalue weighted by Gasteiger charge is -2.29. The van der Waals surface area contributed by atoms with E-state index in [1.807, 2.05) is 0 Å². The summed E-state index contributed by atoms with van der Waals surface area (Å²) in [6, 6.07) is 4.82. The third-order valence-corrected chi connectivity index (χ3v) is 7.05. The van der Waals surface area contributed by atoms with Crippen molar-refractivity contribution in [2.75, 3.05) is 13.7 Å². The van der Waals surface area contributed by atoms with E-state index in [4.69, 9.17) is 4.74 Å². The number of pyridine rings is 1. The minimum Gasteiger partial charge on any atom is -0.468 e. The highest BCUT2D eigenvalue weighted by Crippen LogP contribution is 2.32. The quantitative estimate of drug-likeness (QED) is 0.459. The summed E-state index contributed by atoms with van der Waals surface area (Å²) in [6.07, 6.45) is 1.38. The number of hydrogen-bond acceptors (Lipinski definition) is 8. The van der Waals surface area contributed by atoms with Gasteiger partial charge in [0, 0.05) is 48.9 Å². The van der Waals surface area contributed by atoms with Crippen molar-refractivity contribution >= 4 is 23.7 Å². The zero-order valence-electron chi connectivity index (χ0n) is 19.6. The predicted octanol–water partition coefficient (Wildman–Crippen LogP) is 0.757. The zero-order valence-corrected chi connectivity index (χ0v) is 19.6. The van der Waals surface area contributed by atoms with Crippen LogP contribution in [0.5, 0.6) is 0 Å². The number of methoxy groups -OCH3 is 1. The van der Waals surface area contributed by atoms with E-state index in [1.165, 1.54) is 24.3 Å². The van der Waals surface area contributed by atoms with Crippen LogP contribution in [0.1, 0.15) is 40.7 Å². The number of amides is 3. The molecule has 1 aromatic carbocycles. The molecule has 2 N–H and O–H groups in total. The Kier molecular flexibility index (Phi) is 6.27. The average molecular weight is 496 g/mol. The van der Waals surface area contributed by atoms with Crippen molar-refractivity contribution in [1.82, 2.24) is 20.1 Å². The zero-order chi connectivity index (χ0) is 25.6. The predicted molar refractivity (Wildman–Crippen MR) is 123 cm³/mol. The van der Waals surface area contributed by atoms with Crippen LogP contribution in [0.4, 0.5) is 4.39 Å². The van der Waals surface area contributed by atoms with Crippen LogP contribution in [0, 0.1) is 5.82 Å². The van der Waals surface area contributed by atoms with Crippen LogP contribution < -0.4 is 5.32 Å². The summed E-state index contributed by atoms with van der Waals surface area (Å²) in [4.78, 5) is 56.1. The van der Waals surface area contributed by atoms with Gasteiger partial charge in [-0.3, -0.25) is 34.4 Å². The SMILES string of the molecule is COC(=O)[C@@H]1[C@H](O)CCN1Cc1ccnc(-c2ccc3c(c2)CN(C2CCC(=O)NC2=O)C3=O)c1F. The molecule has 2 fully saturated rings. The molecule has 1 aromatic heterocycles. The molecule has 2 aromatic rings. The van der Waals surface area contributed by atoms with Gasteiger partial charge in [0.05, 0.1) is 13.2 Å². The number of nitrogens with one attached hydrogen (secondary N) is 1. The first-order chi connectivity index (χ1) is 17.3. The summed E-state index contributed by atoms with van der Waals surface area (Å²) in [5, 5.41) is 12.4. The Labute approximate surface area is 206 Å². The molecule has 1 unspecified atom stereocenters. The Balaban J connectivity index is 1.39. The number of fused-ring (bicyclic) bond motifs is 1. The largest absolute Gasteiger partial charge is 0.468 e. The summed E-state index contributed by atoms with van der Waals surface area (Å²) < 4.78 is 20.4. The number of aromatic nitrogens is 1. The van der Waals surface area contributed by atoms with Crippen molar-refractivity contribution in [3.05, 3.63) is 53.0 Å². The summed E-state index contributed by atoms with van der Waals surface area (Å²) >= 11 is 0. The molecule has 3 atom stereocenters. The molecule has 10 nitrogen and oxygen atoms in total.